The molecular weight excluding hydrogens is 392 g/mol. The van der Waals surface area contributed by atoms with Gasteiger partial charge in [0.1, 0.15) is 11.5 Å². The van der Waals surface area contributed by atoms with Crippen LogP contribution < -0.4 is 14.8 Å². The number of likely N-dealkylation sites (tertiary alicyclic amines) is 1. The Morgan fingerprint density at radius 3 is 2.61 bits per heavy atom. The van der Waals surface area contributed by atoms with Crippen LogP contribution >= 0.6 is 0 Å². The van der Waals surface area contributed by atoms with Gasteiger partial charge in [-0.1, -0.05) is 23.8 Å². The Morgan fingerprint density at radius 2 is 1.90 bits per heavy atom. The van der Waals surface area contributed by atoms with Gasteiger partial charge in [0.05, 0.1) is 25.6 Å². The van der Waals surface area contributed by atoms with Crippen molar-refractivity contribution < 1.29 is 14.3 Å². The number of urea groups is 1. The maximum atomic E-state index is 12.8. The second kappa shape index (κ2) is 9.12. The van der Waals surface area contributed by atoms with Gasteiger partial charge in [0.25, 0.3) is 0 Å². The number of piperidine rings is 1. The molecule has 4 rings (SSSR count). The van der Waals surface area contributed by atoms with Gasteiger partial charge in [0.2, 0.25) is 0 Å². The van der Waals surface area contributed by atoms with Crippen LogP contribution in [0, 0.1) is 6.92 Å². The second-order valence-corrected chi connectivity index (χ2v) is 7.84. The Morgan fingerprint density at radius 1 is 1.10 bits per heavy atom. The Balaban J connectivity index is 1.36. The summed E-state index contributed by atoms with van der Waals surface area (Å²) in [7, 11) is 3.17. The normalized spacial score (nSPS) is 14.4. The van der Waals surface area contributed by atoms with Crippen molar-refractivity contribution in [3.8, 4) is 22.8 Å². The average molecular weight is 421 g/mol. The molecule has 1 fully saturated rings. The monoisotopic (exact) mass is 420 g/mol. The lowest BCUT2D eigenvalue weighted by Gasteiger charge is -2.31. The molecule has 2 amide bonds. The van der Waals surface area contributed by atoms with E-state index < -0.39 is 0 Å². The van der Waals surface area contributed by atoms with Crippen LogP contribution in [0.2, 0.25) is 0 Å². The summed E-state index contributed by atoms with van der Waals surface area (Å²) in [5.41, 5.74) is 5.06. The molecule has 0 radical (unpaired) electrons. The maximum absolute atomic E-state index is 12.8. The lowest BCUT2D eigenvalue weighted by atomic mass is 9.93. The summed E-state index contributed by atoms with van der Waals surface area (Å²) in [6.45, 7) is 3.46. The van der Waals surface area contributed by atoms with Crippen molar-refractivity contribution in [2.24, 2.45) is 0 Å². The summed E-state index contributed by atoms with van der Waals surface area (Å²) in [4.78, 5) is 14.6. The molecule has 0 bridgehead atoms. The lowest BCUT2D eigenvalue weighted by molar-refractivity contribution is 0.194. The van der Waals surface area contributed by atoms with E-state index in [1.807, 2.05) is 11.0 Å². The highest BCUT2D eigenvalue weighted by Gasteiger charge is 2.25. The molecule has 31 heavy (non-hydrogen) atoms. The number of aromatic amines is 1. The van der Waals surface area contributed by atoms with Gasteiger partial charge in [0, 0.05) is 36.3 Å². The van der Waals surface area contributed by atoms with Gasteiger partial charge in [-0.15, -0.1) is 0 Å². The van der Waals surface area contributed by atoms with Crippen LogP contribution in [0.4, 0.5) is 10.5 Å². The quantitative estimate of drug-likeness (QED) is 0.621. The van der Waals surface area contributed by atoms with Crippen molar-refractivity contribution in [1.82, 2.24) is 15.1 Å². The number of carbonyl (C=O) groups excluding carboxylic acids is 1. The standard InChI is InChI=1S/C24H28N4O3/c1-16-5-4-6-18(13-16)22-15-21(26-27-22)17-9-11-28(12-10-17)24(29)25-20-8-7-19(30-2)14-23(20)31-3/h4-8,13-15,17H,9-12H2,1-3H3,(H,25,29)(H,26,27). The van der Waals surface area contributed by atoms with Gasteiger partial charge in [-0.05, 0) is 44.0 Å². The fourth-order valence-corrected chi connectivity index (χ4v) is 3.99. The van der Waals surface area contributed by atoms with Crippen LogP contribution in [0.25, 0.3) is 11.3 Å². The number of hydrogen-bond donors (Lipinski definition) is 2. The number of hydrogen-bond acceptors (Lipinski definition) is 4. The number of ether oxygens (including phenoxy) is 2. The number of H-pyrrole nitrogens is 1. The largest absolute Gasteiger partial charge is 0.497 e. The second-order valence-electron chi connectivity index (χ2n) is 7.84. The van der Waals surface area contributed by atoms with Gasteiger partial charge < -0.3 is 19.7 Å². The minimum atomic E-state index is -0.119. The molecule has 0 spiro atoms. The highest BCUT2D eigenvalue weighted by Crippen LogP contribution is 2.32. The summed E-state index contributed by atoms with van der Waals surface area (Å²) < 4.78 is 10.6. The van der Waals surface area contributed by atoms with E-state index >= 15 is 0 Å². The van der Waals surface area contributed by atoms with E-state index in [4.69, 9.17) is 9.47 Å². The first kappa shape index (κ1) is 20.8. The molecule has 1 aromatic heterocycles. The molecule has 3 aromatic rings. The predicted octanol–water partition coefficient (Wildman–Crippen LogP) is 4.81. The van der Waals surface area contributed by atoms with Crippen molar-refractivity contribution in [1.29, 1.82) is 0 Å². The van der Waals surface area contributed by atoms with Crippen LogP contribution in [0.3, 0.4) is 0 Å². The van der Waals surface area contributed by atoms with Crippen LogP contribution in [0.15, 0.2) is 48.5 Å². The molecule has 0 saturated carbocycles. The fraction of sp³-hybridized carbons (Fsp3) is 0.333. The maximum Gasteiger partial charge on any atom is 0.321 e. The number of benzene rings is 2. The van der Waals surface area contributed by atoms with Crippen LogP contribution in [-0.2, 0) is 0 Å². The fourth-order valence-electron chi connectivity index (χ4n) is 3.99. The van der Waals surface area contributed by atoms with E-state index in [9.17, 15) is 4.79 Å². The molecule has 7 heteroatoms. The Bertz CT molecular complexity index is 1050. The molecular formula is C24H28N4O3. The van der Waals surface area contributed by atoms with E-state index in [1.165, 1.54) is 5.56 Å². The zero-order chi connectivity index (χ0) is 21.8. The highest BCUT2D eigenvalue weighted by molar-refractivity contribution is 5.91. The molecule has 1 saturated heterocycles. The van der Waals surface area contributed by atoms with Crippen molar-refractivity contribution in [3.05, 3.63) is 59.8 Å². The predicted molar refractivity (Wildman–Crippen MR) is 121 cm³/mol. The number of rotatable bonds is 5. The molecule has 162 valence electrons. The van der Waals surface area contributed by atoms with Gasteiger partial charge in [0.15, 0.2) is 0 Å². The van der Waals surface area contributed by atoms with E-state index in [0.717, 1.165) is 29.8 Å². The summed E-state index contributed by atoms with van der Waals surface area (Å²) in [5, 5.41) is 10.7. The number of nitrogens with zero attached hydrogens (tertiary/aromatic N) is 2. The zero-order valence-electron chi connectivity index (χ0n) is 18.1. The first-order valence-electron chi connectivity index (χ1n) is 10.5. The van der Waals surface area contributed by atoms with E-state index in [2.05, 4.69) is 46.7 Å². The SMILES string of the molecule is COc1ccc(NC(=O)N2CCC(c3cc(-c4cccc(C)c4)n[nH]3)CC2)c(OC)c1. The van der Waals surface area contributed by atoms with Crippen molar-refractivity contribution in [2.45, 2.75) is 25.7 Å². The first-order chi connectivity index (χ1) is 15.1. The van der Waals surface area contributed by atoms with Crippen molar-refractivity contribution >= 4 is 11.7 Å². The molecule has 7 nitrogen and oxygen atoms in total. The lowest BCUT2D eigenvalue weighted by Crippen LogP contribution is -2.40. The molecule has 2 aromatic carbocycles. The van der Waals surface area contributed by atoms with Gasteiger partial charge in [-0.25, -0.2) is 4.79 Å². The van der Waals surface area contributed by atoms with Crippen LogP contribution in [-0.4, -0.2) is 48.4 Å². The van der Waals surface area contributed by atoms with E-state index in [1.54, 1.807) is 32.4 Å². The minimum Gasteiger partial charge on any atom is -0.497 e. The average Bonchev–Trinajstić information content (AvgIpc) is 3.30. The van der Waals surface area contributed by atoms with Gasteiger partial charge in [-0.2, -0.15) is 5.10 Å². The van der Waals surface area contributed by atoms with E-state index in [-0.39, 0.29) is 6.03 Å². The molecule has 2 N–H and O–H groups in total. The number of aryl methyl sites for hydroxylation is 1. The number of amides is 2. The molecule has 0 aliphatic carbocycles. The number of carbonyl (C=O) groups is 1. The third-order valence-electron chi connectivity index (χ3n) is 5.78. The highest BCUT2D eigenvalue weighted by atomic mass is 16.5. The van der Waals surface area contributed by atoms with Gasteiger partial charge >= 0.3 is 6.03 Å². The van der Waals surface area contributed by atoms with Crippen molar-refractivity contribution in [3.63, 3.8) is 0 Å². The van der Waals surface area contributed by atoms with Crippen molar-refractivity contribution in [2.75, 3.05) is 32.6 Å². The number of methoxy groups -OCH3 is 2. The third-order valence-corrected chi connectivity index (χ3v) is 5.78. The number of aromatic nitrogens is 2. The van der Waals surface area contributed by atoms with Crippen LogP contribution in [0.1, 0.15) is 30.0 Å². The summed E-state index contributed by atoms with van der Waals surface area (Å²) in [6, 6.07) is 15.7. The first-order valence-corrected chi connectivity index (χ1v) is 10.5. The van der Waals surface area contributed by atoms with E-state index in [0.29, 0.717) is 36.2 Å². The smallest absolute Gasteiger partial charge is 0.321 e. The van der Waals surface area contributed by atoms with Crippen LogP contribution in [0.5, 0.6) is 11.5 Å². The Hall–Kier alpha value is -3.48. The molecule has 0 unspecified atom stereocenters. The zero-order valence-corrected chi connectivity index (χ0v) is 18.1. The molecule has 0 atom stereocenters. The Kier molecular flexibility index (Phi) is 6.11. The number of anilines is 1. The Labute approximate surface area is 182 Å². The summed E-state index contributed by atoms with van der Waals surface area (Å²) in [5.74, 6) is 1.62. The summed E-state index contributed by atoms with van der Waals surface area (Å²) >= 11 is 0. The number of nitrogens with one attached hydrogen (secondary N) is 2. The third kappa shape index (κ3) is 4.66. The molecule has 1 aliphatic rings. The topological polar surface area (TPSA) is 79.5 Å². The minimum absolute atomic E-state index is 0.119. The summed E-state index contributed by atoms with van der Waals surface area (Å²) in [6.07, 6.45) is 1.78. The van der Waals surface area contributed by atoms with Gasteiger partial charge in [-0.3, -0.25) is 5.10 Å². The molecule has 1 aliphatic heterocycles. The molecule has 2 heterocycles.